The molecule has 23 heavy (non-hydrogen) atoms. The van der Waals surface area contributed by atoms with Gasteiger partial charge in [0, 0.05) is 0 Å². The van der Waals surface area contributed by atoms with E-state index in [4.69, 9.17) is 4.43 Å². The maximum atomic E-state index is 12.5. The number of hydrogen-bond acceptors (Lipinski definition) is 5. The van der Waals surface area contributed by atoms with Crippen LogP contribution in [0.2, 0.25) is 18.1 Å². The van der Waals surface area contributed by atoms with Gasteiger partial charge in [-0.3, -0.25) is 9.59 Å². The van der Waals surface area contributed by atoms with E-state index >= 15 is 0 Å². The number of hydrogen-bond donors (Lipinski definition) is 0. The standard InChI is InChI=1S/C16H31NO4SSi/c1-9-22-15-13(14(19)17(15)10-12(18)20-6)11(2)21-23(7,8)16(3,4)5/h11,13,15H,9-10H2,1-8H3/t11-,13+,15-/m1/s1. The fourth-order valence-corrected chi connectivity index (χ4v) is 5.11. The highest BCUT2D eigenvalue weighted by Crippen LogP contribution is 2.42. The summed E-state index contributed by atoms with van der Waals surface area (Å²) < 4.78 is 11.1. The van der Waals surface area contributed by atoms with Crippen LogP contribution in [0, 0.1) is 5.92 Å². The Balaban J connectivity index is 2.82. The molecule has 0 saturated carbocycles. The van der Waals surface area contributed by atoms with Crippen LogP contribution in [0.15, 0.2) is 0 Å². The molecule has 0 aromatic rings. The molecule has 0 N–H and O–H groups in total. The van der Waals surface area contributed by atoms with Gasteiger partial charge in [-0.05, 0) is 30.8 Å². The van der Waals surface area contributed by atoms with Crippen LogP contribution in [0.3, 0.4) is 0 Å². The first-order chi connectivity index (χ1) is 10.5. The lowest BCUT2D eigenvalue weighted by Gasteiger charge is -2.50. The highest BCUT2D eigenvalue weighted by atomic mass is 32.2. The average molecular weight is 362 g/mol. The van der Waals surface area contributed by atoms with Gasteiger partial charge >= 0.3 is 5.97 Å². The van der Waals surface area contributed by atoms with Crippen LogP contribution in [-0.4, -0.2) is 56.0 Å². The van der Waals surface area contributed by atoms with E-state index in [0.717, 1.165) is 5.75 Å². The molecule has 1 amide bonds. The van der Waals surface area contributed by atoms with Crippen molar-refractivity contribution in [2.24, 2.45) is 5.92 Å². The zero-order valence-electron chi connectivity index (χ0n) is 15.6. The molecule has 1 saturated heterocycles. The topological polar surface area (TPSA) is 55.8 Å². The van der Waals surface area contributed by atoms with E-state index in [1.165, 1.54) is 7.11 Å². The van der Waals surface area contributed by atoms with E-state index < -0.39 is 8.32 Å². The van der Waals surface area contributed by atoms with Gasteiger partial charge in [-0.25, -0.2) is 0 Å². The number of carbonyl (C=O) groups is 2. The summed E-state index contributed by atoms with van der Waals surface area (Å²) >= 11 is 1.69. The number of thioether (sulfide) groups is 1. The molecular weight excluding hydrogens is 330 g/mol. The predicted octanol–water partition coefficient (Wildman–Crippen LogP) is 3.11. The van der Waals surface area contributed by atoms with Crippen molar-refractivity contribution in [1.82, 2.24) is 4.90 Å². The number of ether oxygens (including phenoxy) is 1. The Hall–Kier alpha value is -0.533. The minimum atomic E-state index is -1.93. The average Bonchev–Trinajstić information content (AvgIpc) is 2.42. The number of esters is 1. The van der Waals surface area contributed by atoms with E-state index in [1.54, 1.807) is 16.7 Å². The van der Waals surface area contributed by atoms with Crippen molar-refractivity contribution in [2.75, 3.05) is 19.4 Å². The summed E-state index contributed by atoms with van der Waals surface area (Å²) in [5.74, 6) is 0.321. The zero-order chi connectivity index (χ0) is 18.0. The summed E-state index contributed by atoms with van der Waals surface area (Å²) in [7, 11) is -0.585. The highest BCUT2D eigenvalue weighted by Gasteiger charge is 2.52. The fourth-order valence-electron chi connectivity index (χ4n) is 2.43. The highest BCUT2D eigenvalue weighted by molar-refractivity contribution is 7.99. The van der Waals surface area contributed by atoms with Crippen LogP contribution in [0.5, 0.6) is 0 Å². The summed E-state index contributed by atoms with van der Waals surface area (Å²) in [4.78, 5) is 25.6. The molecule has 134 valence electrons. The summed E-state index contributed by atoms with van der Waals surface area (Å²) in [6, 6.07) is 0. The number of methoxy groups -OCH3 is 1. The monoisotopic (exact) mass is 361 g/mol. The van der Waals surface area contributed by atoms with Gasteiger partial charge in [0.15, 0.2) is 8.32 Å². The quantitative estimate of drug-likeness (QED) is 0.396. The van der Waals surface area contributed by atoms with Crippen molar-refractivity contribution in [3.63, 3.8) is 0 Å². The van der Waals surface area contributed by atoms with Crippen molar-refractivity contribution < 1.29 is 18.8 Å². The van der Waals surface area contributed by atoms with Crippen LogP contribution < -0.4 is 0 Å². The summed E-state index contributed by atoms with van der Waals surface area (Å²) in [5.41, 5.74) is 0. The molecule has 0 bridgehead atoms. The summed E-state index contributed by atoms with van der Waals surface area (Å²) in [6.45, 7) is 15.0. The molecule has 1 aliphatic rings. The molecule has 1 heterocycles. The maximum Gasteiger partial charge on any atom is 0.325 e. The molecule has 1 fully saturated rings. The van der Waals surface area contributed by atoms with Crippen LogP contribution in [0.1, 0.15) is 34.6 Å². The third-order valence-electron chi connectivity index (χ3n) is 4.84. The normalized spacial score (nSPS) is 23.5. The molecule has 0 aromatic heterocycles. The summed E-state index contributed by atoms with van der Waals surface area (Å²) in [6.07, 6.45) is -0.138. The first-order valence-electron chi connectivity index (χ1n) is 8.13. The number of rotatable bonds is 7. The number of carbonyl (C=O) groups excluding carboxylic acids is 2. The minimum Gasteiger partial charge on any atom is -0.468 e. The molecule has 5 nitrogen and oxygen atoms in total. The lowest BCUT2D eigenvalue weighted by molar-refractivity contribution is -0.163. The van der Waals surface area contributed by atoms with Gasteiger partial charge in [0.05, 0.1) is 24.5 Å². The number of likely N-dealkylation sites (tertiary alicyclic amines) is 1. The molecule has 7 heteroatoms. The van der Waals surface area contributed by atoms with Crippen molar-refractivity contribution in [1.29, 1.82) is 0 Å². The zero-order valence-corrected chi connectivity index (χ0v) is 17.5. The molecule has 1 aliphatic heterocycles. The second kappa shape index (κ2) is 7.57. The van der Waals surface area contributed by atoms with Crippen LogP contribution >= 0.6 is 11.8 Å². The van der Waals surface area contributed by atoms with Gasteiger partial charge < -0.3 is 14.1 Å². The first-order valence-corrected chi connectivity index (χ1v) is 12.1. The maximum absolute atomic E-state index is 12.5. The molecule has 0 spiro atoms. The van der Waals surface area contributed by atoms with Crippen molar-refractivity contribution in [3.8, 4) is 0 Å². The Labute approximate surface area is 145 Å². The number of amides is 1. The second-order valence-corrected chi connectivity index (χ2v) is 13.6. The van der Waals surface area contributed by atoms with Crippen LogP contribution in [-0.2, 0) is 18.8 Å². The van der Waals surface area contributed by atoms with E-state index in [9.17, 15) is 9.59 Å². The Morgan fingerprint density at radius 1 is 1.39 bits per heavy atom. The minimum absolute atomic E-state index is 0.00689. The second-order valence-electron chi connectivity index (χ2n) is 7.50. The Morgan fingerprint density at radius 2 is 1.96 bits per heavy atom. The van der Waals surface area contributed by atoms with Crippen molar-refractivity contribution in [3.05, 3.63) is 0 Å². The van der Waals surface area contributed by atoms with Gasteiger partial charge in [0.25, 0.3) is 0 Å². The van der Waals surface area contributed by atoms with E-state index in [-0.39, 0.29) is 40.9 Å². The van der Waals surface area contributed by atoms with Gasteiger partial charge in [-0.1, -0.05) is 27.7 Å². The Bertz CT molecular complexity index is 450. The number of β-lactam (4-membered cyclic amide) rings is 1. The molecule has 0 radical (unpaired) electrons. The molecular formula is C16H31NO4SSi. The van der Waals surface area contributed by atoms with Crippen LogP contribution in [0.25, 0.3) is 0 Å². The Morgan fingerprint density at radius 3 is 2.39 bits per heavy atom. The van der Waals surface area contributed by atoms with Crippen LogP contribution in [0.4, 0.5) is 0 Å². The lowest BCUT2D eigenvalue weighted by Crippen LogP contribution is -2.65. The fraction of sp³-hybridized carbons (Fsp3) is 0.875. The lowest BCUT2D eigenvalue weighted by atomic mass is 9.93. The van der Waals surface area contributed by atoms with Gasteiger partial charge in [-0.15, -0.1) is 11.8 Å². The first kappa shape index (κ1) is 20.5. The van der Waals surface area contributed by atoms with E-state index in [1.807, 2.05) is 6.92 Å². The molecule has 1 rings (SSSR count). The molecule has 0 unspecified atom stereocenters. The smallest absolute Gasteiger partial charge is 0.325 e. The molecule has 0 aromatic carbocycles. The predicted molar refractivity (Wildman–Crippen MR) is 96.9 cm³/mol. The molecule has 0 aliphatic carbocycles. The number of nitrogens with zero attached hydrogens (tertiary/aromatic N) is 1. The SMILES string of the molecule is CCS[C@@H]1[C@@H]([C@@H](C)O[Si](C)(C)C(C)(C)C)C(=O)N1CC(=O)OC. The van der Waals surface area contributed by atoms with Gasteiger partial charge in [0.1, 0.15) is 6.54 Å². The van der Waals surface area contributed by atoms with Crippen molar-refractivity contribution in [2.45, 2.75) is 64.2 Å². The van der Waals surface area contributed by atoms with E-state index in [2.05, 4.69) is 45.5 Å². The largest absolute Gasteiger partial charge is 0.468 e. The third kappa shape index (κ3) is 4.51. The summed E-state index contributed by atoms with van der Waals surface area (Å²) in [5, 5.41) is 0.0963. The third-order valence-corrected chi connectivity index (χ3v) is 10.6. The van der Waals surface area contributed by atoms with E-state index in [0.29, 0.717) is 0 Å². The van der Waals surface area contributed by atoms with Gasteiger partial charge in [0.2, 0.25) is 5.91 Å². The van der Waals surface area contributed by atoms with Gasteiger partial charge in [-0.2, -0.15) is 0 Å². The Kier molecular flexibility index (Phi) is 6.75. The molecule has 3 atom stereocenters. The van der Waals surface area contributed by atoms with Crippen molar-refractivity contribution >= 4 is 32.0 Å².